The molecule has 88 heavy (non-hydrogen) atoms. The van der Waals surface area contributed by atoms with Gasteiger partial charge >= 0.3 is 66.5 Å². The average molecular weight is 1380 g/mol. The summed E-state index contributed by atoms with van der Waals surface area (Å²) in [5.41, 5.74) is 15.1. The van der Waals surface area contributed by atoms with Crippen molar-refractivity contribution in [3.63, 3.8) is 0 Å². The van der Waals surface area contributed by atoms with Crippen LogP contribution in [-0.2, 0) is 6.29 Å². The predicted octanol–water partition coefficient (Wildman–Crippen LogP) is 10.7. The SMILES string of the molecule is C.CC(C)(C)[O-].Cc1cc(C)c(N2C=CN(C[P@@](c3ccccc3)C(C)(C)C)C2)c(C)c1.[B][P+](CN1C=CN(c2c(C)cc(C)cc2C)C1)(c1ccccc1)C(C)(C)C.[B][P+](C[n+]1ccn(-c2c(C)cc(C)cc2C)c1)(c1ccccc1)C(C)(C)C.[I-].[K+]. The van der Waals surface area contributed by atoms with Crippen molar-refractivity contribution in [3.8, 4) is 5.69 Å². The van der Waals surface area contributed by atoms with Crippen molar-refractivity contribution < 1.29 is 85.0 Å². The fourth-order valence-electron chi connectivity index (χ4n) is 11.6. The van der Waals surface area contributed by atoms with Crippen LogP contribution in [0.5, 0.6) is 0 Å². The number of hydrogen-bond donors (Lipinski definition) is 0. The van der Waals surface area contributed by atoms with E-state index in [-0.39, 0.29) is 106 Å². The zero-order valence-corrected chi connectivity index (χ0v) is 65.1. The number of aryl methyl sites for hydroxylation is 9. The Bertz CT molecular complexity index is 3320. The van der Waals surface area contributed by atoms with Gasteiger partial charge in [0.15, 0.2) is 6.29 Å². The second-order valence-electron chi connectivity index (χ2n) is 27.8. The number of imidazole rings is 1. The van der Waals surface area contributed by atoms with Gasteiger partial charge in [0.2, 0.25) is 0 Å². The normalized spacial score (nSPS) is 14.8. The van der Waals surface area contributed by atoms with Gasteiger partial charge in [0.25, 0.3) is 6.33 Å². The van der Waals surface area contributed by atoms with Crippen molar-refractivity contribution in [2.45, 2.75) is 180 Å². The van der Waals surface area contributed by atoms with Crippen molar-refractivity contribution in [1.82, 2.24) is 14.4 Å². The summed E-state index contributed by atoms with van der Waals surface area (Å²) in [5.74, 6) is 0. The van der Waals surface area contributed by atoms with E-state index in [4.69, 9.17) is 15.1 Å². The van der Waals surface area contributed by atoms with E-state index >= 15 is 0 Å². The van der Waals surface area contributed by atoms with E-state index in [9.17, 15) is 5.11 Å². The first-order valence-corrected chi connectivity index (χ1v) is 35.8. The smallest absolute Gasteiger partial charge is 1.00 e. The van der Waals surface area contributed by atoms with E-state index in [1.165, 1.54) is 83.0 Å². The van der Waals surface area contributed by atoms with E-state index in [1.807, 2.05) is 0 Å². The molecule has 7 aromatic rings. The van der Waals surface area contributed by atoms with Crippen LogP contribution in [0.3, 0.4) is 0 Å². The van der Waals surface area contributed by atoms with Crippen molar-refractivity contribution in [3.05, 3.63) is 221 Å². The average Bonchev–Trinajstić information content (AvgIpc) is 3.12. The van der Waals surface area contributed by atoms with Gasteiger partial charge in [0, 0.05) is 56.7 Å². The number of aromatic nitrogens is 2. The van der Waals surface area contributed by atoms with Crippen molar-refractivity contribution in [2.75, 3.05) is 35.7 Å². The Balaban J connectivity index is 0.000000326. The van der Waals surface area contributed by atoms with Crippen molar-refractivity contribution >= 4 is 64.6 Å². The third-order valence-corrected chi connectivity index (χ3v) is 27.8. The van der Waals surface area contributed by atoms with Gasteiger partial charge in [-0.1, -0.05) is 169 Å². The van der Waals surface area contributed by atoms with Crippen LogP contribution in [0.1, 0.15) is 141 Å². The molecule has 6 aromatic carbocycles. The maximum atomic E-state index is 10.1. The Labute approximate surface area is 600 Å². The third-order valence-electron chi connectivity index (χ3n) is 15.8. The minimum Gasteiger partial charge on any atom is -1.00 e. The van der Waals surface area contributed by atoms with Gasteiger partial charge in [-0.3, -0.25) is 0 Å². The first-order chi connectivity index (χ1) is 39.5. The summed E-state index contributed by atoms with van der Waals surface area (Å²) >= 11 is 0. The molecule has 0 saturated heterocycles. The van der Waals surface area contributed by atoms with Crippen LogP contribution in [0, 0.1) is 62.3 Å². The second-order valence-corrected chi connectivity index (χ2v) is 38.5. The molecule has 14 heteroatoms. The molecular weight excluding hydrogens is 1270 g/mol. The maximum absolute atomic E-state index is 10.1. The molecule has 0 saturated carbocycles. The fourth-order valence-corrected chi connectivity index (χ4v) is 19.6. The van der Waals surface area contributed by atoms with Crippen LogP contribution in [-0.4, -0.2) is 76.5 Å². The number of hydrogen-bond acceptors (Lipinski definition) is 5. The molecule has 9 rings (SSSR count). The Kier molecular flexibility index (Phi) is 29.9. The third kappa shape index (κ3) is 21.2. The van der Waals surface area contributed by atoms with Crippen LogP contribution in [0.4, 0.5) is 11.4 Å². The summed E-state index contributed by atoms with van der Waals surface area (Å²) in [7, 11) is 10.3. The molecular formula is C74H105B2IKN6OP3+2. The molecule has 2 aliphatic heterocycles. The first-order valence-electron chi connectivity index (χ1n) is 30.2. The van der Waals surface area contributed by atoms with Crippen LogP contribution in [0.2, 0.25) is 0 Å². The molecule has 0 N–H and O–H groups in total. The van der Waals surface area contributed by atoms with Crippen molar-refractivity contribution in [2.24, 2.45) is 0 Å². The Morgan fingerprint density at radius 1 is 0.500 bits per heavy atom. The van der Waals surface area contributed by atoms with E-state index in [0.29, 0.717) is 0 Å². The molecule has 4 radical (unpaired) electrons. The van der Waals surface area contributed by atoms with E-state index in [1.54, 1.807) is 20.8 Å². The number of rotatable bonds is 12. The van der Waals surface area contributed by atoms with Gasteiger partial charge in [-0.15, -0.1) is 5.60 Å². The molecule has 2 unspecified atom stereocenters. The van der Waals surface area contributed by atoms with Gasteiger partial charge in [-0.25, -0.2) is 9.13 Å². The van der Waals surface area contributed by atoms with E-state index in [0.717, 1.165) is 32.2 Å². The zero-order valence-electron chi connectivity index (χ0n) is 57.2. The number of nitrogens with zero attached hydrogens (tertiary/aromatic N) is 6. The Morgan fingerprint density at radius 3 is 1.22 bits per heavy atom. The fraction of sp³-hybridized carbons (Fsp3) is 0.419. The number of benzene rings is 6. The number of anilines is 2. The standard InChI is InChI=1S/C23H31BN2P.C23H30BN2P.C23H31N2P.C4H9O.CH4.HI.K/c2*1-18-14-19(2)22(20(3)15-18)26-13-12-25(16-26)17-27(24,23(4,5)6)21-10-8-7-9-11-21;1-18-14-19(2)22(20(3)15-18)25-13-12-24(16-25)17-26(23(4,5)6)21-10-8-7-9-11-21;1-4(2,3)5;;;/h7-15H,16-17H2,1-6H3;7-16H,17H2,1-6H3;7-15H,16-17H2,1-6H3;1-3H3;1H4;1H;/q+1;+2;;-1;;;+1/p-1/t;;26-;;;;/m..0..../s1. The Hall–Kier alpha value is -3.04. The summed E-state index contributed by atoms with van der Waals surface area (Å²) in [4.78, 5) is 9.60. The Morgan fingerprint density at radius 2 is 0.841 bits per heavy atom. The zero-order chi connectivity index (χ0) is 63.0. The first kappa shape index (κ1) is 79.2. The van der Waals surface area contributed by atoms with Gasteiger partial charge < -0.3 is 48.7 Å². The molecule has 1 aromatic heterocycles. The predicted molar refractivity (Wildman–Crippen MR) is 384 cm³/mol. The second kappa shape index (κ2) is 33.2. The maximum Gasteiger partial charge on any atom is 1.00 e. The minimum absolute atomic E-state index is 0. The van der Waals surface area contributed by atoms with Crippen LogP contribution in [0.25, 0.3) is 5.69 Å². The molecule has 0 bridgehead atoms. The molecule has 464 valence electrons. The van der Waals surface area contributed by atoms with Crippen molar-refractivity contribution in [1.29, 1.82) is 0 Å². The summed E-state index contributed by atoms with van der Waals surface area (Å²) in [5, 5.41) is 14.5. The van der Waals surface area contributed by atoms with E-state index < -0.39 is 19.9 Å². The van der Waals surface area contributed by atoms with Gasteiger partial charge in [0.05, 0.1) is 34.3 Å². The van der Waals surface area contributed by atoms with Gasteiger partial charge in [-0.2, -0.15) is 0 Å². The molecule has 3 heterocycles. The molecule has 0 spiro atoms. The van der Waals surface area contributed by atoms with Gasteiger partial charge in [-0.05, 0) is 180 Å². The monoisotopic (exact) mass is 1370 g/mol. The van der Waals surface area contributed by atoms with Crippen LogP contribution in [0.15, 0.2) is 171 Å². The summed E-state index contributed by atoms with van der Waals surface area (Å²) in [6, 6.07) is 45.9. The molecule has 3 atom stereocenters. The van der Waals surface area contributed by atoms with E-state index in [2.05, 4.69) is 324 Å². The largest absolute Gasteiger partial charge is 1.00 e. The summed E-state index contributed by atoms with van der Waals surface area (Å²) in [6.07, 6.45) is 18.2. The van der Waals surface area contributed by atoms with Crippen LogP contribution >= 0.6 is 22.2 Å². The molecule has 0 amide bonds. The summed E-state index contributed by atoms with van der Waals surface area (Å²) < 4.78 is 4.48. The quantitative estimate of drug-likeness (QED) is 0.0528. The molecule has 0 aliphatic carbocycles. The topological polar surface area (TPSA) is 44.8 Å². The minimum atomic E-state index is -1.89. The molecule has 0 fully saturated rings. The van der Waals surface area contributed by atoms with Gasteiger partial charge in [0.1, 0.15) is 24.4 Å². The summed E-state index contributed by atoms with van der Waals surface area (Å²) in [6.45, 7) is 47.1. The number of halogens is 1. The van der Waals surface area contributed by atoms with Crippen LogP contribution < -0.4 is 111 Å². The molecule has 7 nitrogen and oxygen atoms in total. The molecule has 2 aliphatic rings.